The average molecular weight is 250 g/mol. The first-order valence-electron chi connectivity index (χ1n) is 6.60. The molecule has 0 aromatic heterocycles. The van der Waals surface area contributed by atoms with Gasteiger partial charge in [0, 0.05) is 0 Å². The largest absolute Gasteiger partial charge is 0.386 e. The molecule has 1 rings (SSSR count). The van der Waals surface area contributed by atoms with Crippen LogP contribution in [-0.4, -0.2) is 10.2 Å². The van der Waals surface area contributed by atoms with Crippen molar-refractivity contribution in [2.24, 2.45) is 5.92 Å². The van der Waals surface area contributed by atoms with Gasteiger partial charge in [-0.1, -0.05) is 32.0 Å². The van der Waals surface area contributed by atoms with Crippen LogP contribution in [-0.2, 0) is 17.6 Å². The second-order valence-electron chi connectivity index (χ2n) is 6.63. The molecule has 18 heavy (non-hydrogen) atoms. The molecule has 2 heteroatoms. The van der Waals surface area contributed by atoms with Crippen LogP contribution in [0.1, 0.15) is 58.2 Å². The molecule has 0 aliphatic carbocycles. The van der Waals surface area contributed by atoms with Crippen LogP contribution in [0.15, 0.2) is 18.2 Å². The highest BCUT2D eigenvalue weighted by Crippen LogP contribution is 2.28. The second-order valence-corrected chi connectivity index (χ2v) is 6.63. The number of aliphatic hydroxyl groups is 2. The summed E-state index contributed by atoms with van der Waals surface area (Å²) >= 11 is 0. The molecule has 1 aromatic carbocycles. The number of hydrogen-bond acceptors (Lipinski definition) is 2. The molecule has 0 heterocycles. The molecule has 0 aliphatic rings. The summed E-state index contributed by atoms with van der Waals surface area (Å²) in [6.07, 6.45) is 0.951. The Morgan fingerprint density at radius 2 is 1.28 bits per heavy atom. The van der Waals surface area contributed by atoms with Gasteiger partial charge >= 0.3 is 0 Å². The van der Waals surface area contributed by atoms with Crippen molar-refractivity contribution in [3.05, 3.63) is 34.9 Å². The topological polar surface area (TPSA) is 40.5 Å². The minimum Gasteiger partial charge on any atom is -0.386 e. The van der Waals surface area contributed by atoms with Crippen molar-refractivity contribution in [2.75, 3.05) is 0 Å². The molecule has 0 bridgehead atoms. The maximum atomic E-state index is 10.2. The Morgan fingerprint density at radius 1 is 0.889 bits per heavy atom. The van der Waals surface area contributed by atoms with Gasteiger partial charge in [-0.2, -0.15) is 0 Å². The fraction of sp³-hybridized carbons (Fsp3) is 0.625. The van der Waals surface area contributed by atoms with E-state index >= 15 is 0 Å². The highest BCUT2D eigenvalue weighted by molar-refractivity contribution is 5.36. The Morgan fingerprint density at radius 3 is 1.56 bits per heavy atom. The van der Waals surface area contributed by atoms with E-state index in [1.165, 1.54) is 5.56 Å². The minimum atomic E-state index is -0.882. The molecule has 1 aromatic rings. The molecule has 0 fully saturated rings. The molecule has 0 radical (unpaired) electrons. The zero-order chi connectivity index (χ0) is 14.1. The van der Waals surface area contributed by atoms with E-state index in [0.29, 0.717) is 5.92 Å². The first kappa shape index (κ1) is 15.2. The first-order valence-corrected chi connectivity index (χ1v) is 6.60. The lowest BCUT2D eigenvalue weighted by Crippen LogP contribution is -2.21. The Bertz CT molecular complexity index is 374. The van der Waals surface area contributed by atoms with Crippen LogP contribution in [0.3, 0.4) is 0 Å². The van der Waals surface area contributed by atoms with Gasteiger partial charge in [-0.15, -0.1) is 0 Å². The van der Waals surface area contributed by atoms with Crippen molar-refractivity contribution in [3.8, 4) is 0 Å². The normalized spacial score (nSPS) is 13.2. The van der Waals surface area contributed by atoms with E-state index in [-0.39, 0.29) is 0 Å². The van der Waals surface area contributed by atoms with E-state index in [0.717, 1.165) is 17.5 Å². The van der Waals surface area contributed by atoms with E-state index in [4.69, 9.17) is 0 Å². The summed E-state index contributed by atoms with van der Waals surface area (Å²) in [4.78, 5) is 0. The summed E-state index contributed by atoms with van der Waals surface area (Å²) in [5.41, 5.74) is 1.12. The quantitative estimate of drug-likeness (QED) is 0.860. The van der Waals surface area contributed by atoms with Gasteiger partial charge in [0.05, 0.1) is 11.2 Å². The maximum Gasteiger partial charge on any atom is 0.0840 e. The molecule has 0 unspecified atom stereocenters. The Balaban J connectivity index is 3.29. The predicted octanol–water partition coefficient (Wildman–Crippen LogP) is 3.34. The second kappa shape index (κ2) is 5.02. The van der Waals surface area contributed by atoms with Crippen molar-refractivity contribution in [1.82, 2.24) is 0 Å². The van der Waals surface area contributed by atoms with E-state index in [1.807, 2.05) is 18.2 Å². The molecule has 0 spiro atoms. The fourth-order valence-corrected chi connectivity index (χ4v) is 1.99. The van der Waals surface area contributed by atoms with Crippen LogP contribution in [0.5, 0.6) is 0 Å². The van der Waals surface area contributed by atoms with Crippen molar-refractivity contribution in [2.45, 2.75) is 59.2 Å². The monoisotopic (exact) mass is 250 g/mol. The van der Waals surface area contributed by atoms with Crippen molar-refractivity contribution < 1.29 is 10.2 Å². The smallest absolute Gasteiger partial charge is 0.0840 e. The van der Waals surface area contributed by atoms with Gasteiger partial charge in [0.2, 0.25) is 0 Å². The van der Waals surface area contributed by atoms with Crippen molar-refractivity contribution >= 4 is 0 Å². The van der Waals surface area contributed by atoms with Crippen LogP contribution >= 0.6 is 0 Å². The van der Waals surface area contributed by atoms with E-state index in [9.17, 15) is 10.2 Å². The first-order chi connectivity index (χ1) is 8.00. The summed E-state index contributed by atoms with van der Waals surface area (Å²) in [6, 6.07) is 5.97. The Kier molecular flexibility index (Phi) is 4.24. The molecular formula is C16H26O2. The summed E-state index contributed by atoms with van der Waals surface area (Å²) < 4.78 is 0. The fourth-order valence-electron chi connectivity index (χ4n) is 1.99. The van der Waals surface area contributed by atoms with Gasteiger partial charge in [-0.25, -0.2) is 0 Å². The summed E-state index contributed by atoms with van der Waals surface area (Å²) in [5.74, 6) is 0.553. The number of benzene rings is 1. The van der Waals surface area contributed by atoms with Crippen LogP contribution in [0, 0.1) is 5.92 Å². The third kappa shape index (κ3) is 4.11. The van der Waals surface area contributed by atoms with Gasteiger partial charge in [-0.3, -0.25) is 0 Å². The molecule has 0 atom stereocenters. The number of rotatable bonds is 4. The summed E-state index contributed by atoms with van der Waals surface area (Å²) in [6.45, 7) is 11.4. The highest BCUT2D eigenvalue weighted by atomic mass is 16.3. The molecule has 0 saturated heterocycles. The minimum absolute atomic E-state index is 0.553. The molecular weight excluding hydrogens is 224 g/mol. The zero-order valence-electron chi connectivity index (χ0n) is 12.4. The Labute approximate surface area is 111 Å². The zero-order valence-corrected chi connectivity index (χ0v) is 12.4. The SMILES string of the molecule is CC(C)Cc1cc(C(C)(C)O)cc(C(C)(C)O)c1. The molecule has 0 amide bonds. The molecule has 102 valence electrons. The van der Waals surface area contributed by atoms with E-state index in [1.54, 1.807) is 27.7 Å². The molecule has 2 N–H and O–H groups in total. The van der Waals surface area contributed by atoms with Gasteiger partial charge in [0.25, 0.3) is 0 Å². The van der Waals surface area contributed by atoms with Crippen LogP contribution in [0.25, 0.3) is 0 Å². The van der Waals surface area contributed by atoms with Gasteiger partial charge in [-0.05, 0) is 56.7 Å². The highest BCUT2D eigenvalue weighted by Gasteiger charge is 2.22. The lowest BCUT2D eigenvalue weighted by atomic mass is 9.87. The van der Waals surface area contributed by atoms with Crippen molar-refractivity contribution in [3.63, 3.8) is 0 Å². The lowest BCUT2D eigenvalue weighted by molar-refractivity contribution is 0.0716. The van der Waals surface area contributed by atoms with E-state index < -0.39 is 11.2 Å². The standard InChI is InChI=1S/C16H26O2/c1-11(2)7-12-8-13(15(3,4)17)10-14(9-12)16(5,6)18/h8-11,17-18H,7H2,1-6H3. The lowest BCUT2D eigenvalue weighted by Gasteiger charge is -2.25. The van der Waals surface area contributed by atoms with Gasteiger partial charge in [0.15, 0.2) is 0 Å². The average Bonchev–Trinajstić information content (AvgIpc) is 2.13. The third-order valence-electron chi connectivity index (χ3n) is 3.05. The molecule has 2 nitrogen and oxygen atoms in total. The van der Waals surface area contributed by atoms with Crippen LogP contribution in [0.2, 0.25) is 0 Å². The summed E-state index contributed by atoms with van der Waals surface area (Å²) in [5, 5.41) is 20.3. The third-order valence-corrected chi connectivity index (χ3v) is 3.05. The number of hydrogen-bond donors (Lipinski definition) is 2. The van der Waals surface area contributed by atoms with Gasteiger partial charge < -0.3 is 10.2 Å². The molecule has 0 saturated carbocycles. The van der Waals surface area contributed by atoms with Crippen LogP contribution < -0.4 is 0 Å². The van der Waals surface area contributed by atoms with Crippen molar-refractivity contribution in [1.29, 1.82) is 0 Å². The predicted molar refractivity (Wildman–Crippen MR) is 75.5 cm³/mol. The Hall–Kier alpha value is -0.860. The summed E-state index contributed by atoms with van der Waals surface area (Å²) in [7, 11) is 0. The van der Waals surface area contributed by atoms with Crippen LogP contribution in [0.4, 0.5) is 0 Å². The maximum absolute atomic E-state index is 10.2. The van der Waals surface area contributed by atoms with Gasteiger partial charge in [0.1, 0.15) is 0 Å². The van der Waals surface area contributed by atoms with E-state index in [2.05, 4.69) is 13.8 Å². The molecule has 0 aliphatic heterocycles.